The molecule has 0 bridgehead atoms. The molecule has 0 fully saturated rings. The van der Waals surface area contributed by atoms with Gasteiger partial charge in [0.15, 0.2) is 0 Å². The zero-order chi connectivity index (χ0) is 13.2. The quantitative estimate of drug-likeness (QED) is 0.565. The number of nitrogens with two attached hydrogens (primary N) is 1. The number of nitrogens with zero attached hydrogens (tertiary/aromatic N) is 1. The van der Waals surface area contributed by atoms with Crippen molar-refractivity contribution in [2.75, 3.05) is 5.43 Å². The predicted molar refractivity (Wildman–Crippen MR) is 81.4 cm³/mol. The van der Waals surface area contributed by atoms with Gasteiger partial charge in [-0.1, -0.05) is 17.7 Å². The first-order valence-corrected chi connectivity index (χ1v) is 7.03. The van der Waals surface area contributed by atoms with Crippen LogP contribution in [-0.4, -0.2) is 4.98 Å². The van der Waals surface area contributed by atoms with E-state index in [1.807, 2.05) is 6.07 Å². The van der Waals surface area contributed by atoms with E-state index in [0.29, 0.717) is 0 Å². The maximum absolute atomic E-state index is 5.59. The molecule has 0 aliphatic carbocycles. The third-order valence-corrected chi connectivity index (χ3v) is 4.01. The number of hydrogen-bond acceptors (Lipinski definition) is 4. The Morgan fingerprint density at radius 1 is 1.26 bits per heavy atom. The zero-order valence-corrected chi connectivity index (χ0v) is 11.5. The molecule has 0 atom stereocenters. The Balaban J connectivity index is 2.10. The van der Waals surface area contributed by atoms with Gasteiger partial charge in [0.2, 0.25) is 0 Å². The molecule has 0 spiro atoms. The first kappa shape index (κ1) is 12.1. The number of rotatable bonds is 3. The molecule has 3 nitrogen and oxygen atoms in total. The second-order valence-electron chi connectivity index (χ2n) is 4.59. The fourth-order valence-electron chi connectivity index (χ4n) is 2.20. The lowest BCUT2D eigenvalue weighted by Gasteiger charge is -2.09. The molecule has 0 amide bonds. The summed E-state index contributed by atoms with van der Waals surface area (Å²) in [5, 5.41) is 3.24. The summed E-state index contributed by atoms with van der Waals surface area (Å²) in [5.41, 5.74) is 6.04. The van der Waals surface area contributed by atoms with Gasteiger partial charge in [0.1, 0.15) is 5.82 Å². The van der Waals surface area contributed by atoms with E-state index in [9.17, 15) is 0 Å². The Morgan fingerprint density at radius 2 is 2.16 bits per heavy atom. The van der Waals surface area contributed by atoms with Crippen molar-refractivity contribution in [2.45, 2.75) is 13.3 Å². The van der Waals surface area contributed by atoms with E-state index in [1.165, 1.54) is 10.4 Å². The molecule has 3 aromatic rings. The largest absolute Gasteiger partial charge is 0.308 e. The number of aryl methyl sites for hydroxylation is 1. The highest BCUT2D eigenvalue weighted by Crippen LogP contribution is 2.24. The lowest BCUT2D eigenvalue weighted by molar-refractivity contribution is 1.16. The first-order chi connectivity index (χ1) is 9.26. The van der Waals surface area contributed by atoms with E-state index in [-0.39, 0.29) is 0 Å². The minimum atomic E-state index is 0.754. The van der Waals surface area contributed by atoms with Crippen LogP contribution in [0.25, 0.3) is 10.9 Å². The number of hydrogen-bond donors (Lipinski definition) is 2. The molecule has 4 heteroatoms. The Kier molecular flexibility index (Phi) is 3.19. The van der Waals surface area contributed by atoms with Crippen molar-refractivity contribution in [3.05, 3.63) is 57.8 Å². The average molecular weight is 269 g/mol. The monoisotopic (exact) mass is 269 g/mol. The molecule has 2 aromatic heterocycles. The fourth-order valence-corrected chi connectivity index (χ4v) is 2.93. The first-order valence-electron chi connectivity index (χ1n) is 6.15. The highest BCUT2D eigenvalue weighted by molar-refractivity contribution is 7.09. The van der Waals surface area contributed by atoms with Crippen molar-refractivity contribution in [3.8, 4) is 0 Å². The molecular weight excluding hydrogens is 254 g/mol. The summed E-state index contributed by atoms with van der Waals surface area (Å²) in [6.45, 7) is 2.09. The van der Waals surface area contributed by atoms with Gasteiger partial charge in [0, 0.05) is 22.2 Å². The van der Waals surface area contributed by atoms with Crippen molar-refractivity contribution in [2.24, 2.45) is 5.84 Å². The molecule has 0 aliphatic heterocycles. The topological polar surface area (TPSA) is 50.9 Å². The van der Waals surface area contributed by atoms with Crippen LogP contribution >= 0.6 is 11.3 Å². The number of nitrogens with one attached hydrogen (secondary N) is 1. The summed E-state index contributed by atoms with van der Waals surface area (Å²) in [5.74, 6) is 6.35. The third-order valence-electron chi connectivity index (χ3n) is 3.13. The van der Waals surface area contributed by atoms with Crippen molar-refractivity contribution < 1.29 is 0 Å². The van der Waals surface area contributed by atoms with Crippen molar-refractivity contribution in [1.29, 1.82) is 0 Å². The van der Waals surface area contributed by atoms with Gasteiger partial charge in [-0.25, -0.2) is 10.8 Å². The number of fused-ring (bicyclic) bond motifs is 1. The molecule has 96 valence electrons. The zero-order valence-electron chi connectivity index (χ0n) is 10.7. The van der Waals surface area contributed by atoms with Gasteiger partial charge in [-0.05, 0) is 36.6 Å². The van der Waals surface area contributed by atoms with E-state index >= 15 is 0 Å². The van der Waals surface area contributed by atoms with Crippen molar-refractivity contribution in [3.63, 3.8) is 0 Å². The van der Waals surface area contributed by atoms with Gasteiger partial charge >= 0.3 is 0 Å². The summed E-state index contributed by atoms with van der Waals surface area (Å²) in [7, 11) is 0. The van der Waals surface area contributed by atoms with Crippen LogP contribution in [0.1, 0.15) is 16.0 Å². The molecular formula is C15H15N3S. The van der Waals surface area contributed by atoms with Gasteiger partial charge in [-0.2, -0.15) is 0 Å². The lowest BCUT2D eigenvalue weighted by Crippen LogP contribution is -2.11. The van der Waals surface area contributed by atoms with Gasteiger partial charge in [0.05, 0.1) is 5.52 Å². The maximum atomic E-state index is 5.59. The summed E-state index contributed by atoms with van der Waals surface area (Å²) < 4.78 is 0. The summed E-state index contributed by atoms with van der Waals surface area (Å²) in [4.78, 5) is 5.89. The Hall–Kier alpha value is -1.91. The molecule has 19 heavy (non-hydrogen) atoms. The standard InChI is InChI=1S/C15H15N3S/c1-10-4-5-14-11(7-10)8-12(15(17-14)18-16)9-13-3-2-6-19-13/h2-8H,9,16H2,1H3,(H,17,18). The molecule has 0 saturated carbocycles. The van der Waals surface area contributed by atoms with Crippen molar-refractivity contribution >= 4 is 28.1 Å². The van der Waals surface area contributed by atoms with Crippen LogP contribution < -0.4 is 11.3 Å². The molecule has 0 unspecified atom stereocenters. The van der Waals surface area contributed by atoms with E-state index < -0.39 is 0 Å². The van der Waals surface area contributed by atoms with Crippen LogP contribution in [0.4, 0.5) is 5.82 Å². The van der Waals surface area contributed by atoms with Crippen LogP contribution in [0.5, 0.6) is 0 Å². The number of anilines is 1. The van der Waals surface area contributed by atoms with Gasteiger partial charge in [-0.3, -0.25) is 0 Å². The lowest BCUT2D eigenvalue weighted by atomic mass is 10.1. The van der Waals surface area contributed by atoms with E-state index in [2.05, 4.69) is 53.0 Å². The minimum Gasteiger partial charge on any atom is -0.308 e. The number of hydrazine groups is 1. The maximum Gasteiger partial charge on any atom is 0.144 e. The van der Waals surface area contributed by atoms with Crippen LogP contribution in [-0.2, 0) is 6.42 Å². The SMILES string of the molecule is Cc1ccc2nc(NN)c(Cc3cccs3)cc2c1. The van der Waals surface area contributed by atoms with Crippen LogP contribution in [0, 0.1) is 6.92 Å². The minimum absolute atomic E-state index is 0.754. The second kappa shape index (κ2) is 4.99. The third kappa shape index (κ3) is 2.45. The van der Waals surface area contributed by atoms with Crippen LogP contribution in [0.2, 0.25) is 0 Å². The van der Waals surface area contributed by atoms with Gasteiger partial charge < -0.3 is 5.43 Å². The number of aromatic nitrogens is 1. The fraction of sp³-hybridized carbons (Fsp3) is 0.133. The molecule has 3 rings (SSSR count). The molecule has 2 heterocycles. The Morgan fingerprint density at radius 3 is 2.89 bits per heavy atom. The summed E-state index contributed by atoms with van der Waals surface area (Å²) in [6.07, 6.45) is 0.855. The molecule has 0 radical (unpaired) electrons. The highest BCUT2D eigenvalue weighted by Gasteiger charge is 2.07. The van der Waals surface area contributed by atoms with E-state index in [1.54, 1.807) is 11.3 Å². The Bertz CT molecular complexity index is 705. The smallest absolute Gasteiger partial charge is 0.144 e. The number of nitrogen functional groups attached to an aromatic ring is 1. The van der Waals surface area contributed by atoms with Gasteiger partial charge in [0.25, 0.3) is 0 Å². The number of benzene rings is 1. The summed E-state index contributed by atoms with van der Waals surface area (Å²) in [6, 6.07) is 12.6. The normalized spacial score (nSPS) is 10.8. The van der Waals surface area contributed by atoms with E-state index in [4.69, 9.17) is 5.84 Å². The number of thiophene rings is 1. The van der Waals surface area contributed by atoms with E-state index in [0.717, 1.165) is 28.7 Å². The Labute approximate surface area is 116 Å². The van der Waals surface area contributed by atoms with Gasteiger partial charge in [-0.15, -0.1) is 11.3 Å². The molecule has 0 aliphatic rings. The number of pyridine rings is 1. The average Bonchev–Trinajstić information content (AvgIpc) is 2.91. The van der Waals surface area contributed by atoms with Crippen LogP contribution in [0.15, 0.2) is 41.8 Å². The molecule has 0 saturated heterocycles. The second-order valence-corrected chi connectivity index (χ2v) is 5.62. The molecule has 3 N–H and O–H groups in total. The highest BCUT2D eigenvalue weighted by atomic mass is 32.1. The molecule has 1 aromatic carbocycles. The predicted octanol–water partition coefficient (Wildman–Crippen LogP) is 3.48. The van der Waals surface area contributed by atoms with Crippen LogP contribution in [0.3, 0.4) is 0 Å². The van der Waals surface area contributed by atoms with Crippen molar-refractivity contribution in [1.82, 2.24) is 4.98 Å². The summed E-state index contributed by atoms with van der Waals surface area (Å²) >= 11 is 1.75.